The first-order chi connectivity index (χ1) is 15.4. The molecule has 170 valence electrons. The Morgan fingerprint density at radius 1 is 1.19 bits per heavy atom. The summed E-state index contributed by atoms with van der Waals surface area (Å²) in [4.78, 5) is 20.5. The molecule has 3 heterocycles. The van der Waals surface area contributed by atoms with Gasteiger partial charge >= 0.3 is 0 Å². The van der Waals surface area contributed by atoms with Crippen LogP contribution in [0.25, 0.3) is 9.88 Å². The summed E-state index contributed by atoms with van der Waals surface area (Å²) in [5.74, 6) is 0.453. The van der Waals surface area contributed by atoms with Crippen LogP contribution in [0, 0.1) is 0 Å². The quantitative estimate of drug-likeness (QED) is 0.500. The van der Waals surface area contributed by atoms with Crippen molar-refractivity contribution >= 4 is 38.6 Å². The molecule has 0 aliphatic carbocycles. The number of ether oxygens (including phenoxy) is 1. The van der Waals surface area contributed by atoms with Crippen molar-refractivity contribution in [1.29, 1.82) is 0 Å². The average Bonchev–Trinajstić information content (AvgIpc) is 3.48. The molecule has 10 heteroatoms. The topological polar surface area (TPSA) is 79.8 Å². The summed E-state index contributed by atoms with van der Waals surface area (Å²) in [7, 11) is -1.88. The van der Waals surface area contributed by atoms with Gasteiger partial charge in [0.15, 0.2) is 0 Å². The molecule has 0 bridgehead atoms. The van der Waals surface area contributed by atoms with Crippen LogP contribution >= 0.6 is 22.7 Å². The van der Waals surface area contributed by atoms with E-state index in [1.165, 1.54) is 21.9 Å². The smallest absolute Gasteiger partial charge is 0.257 e. The summed E-state index contributed by atoms with van der Waals surface area (Å²) in [6.07, 6.45) is 2.40. The molecular formula is C22H25N3O4S3. The summed E-state index contributed by atoms with van der Waals surface area (Å²) in [6.45, 7) is 1.22. The molecular weight excluding hydrogens is 466 g/mol. The van der Waals surface area contributed by atoms with Crippen molar-refractivity contribution in [1.82, 2.24) is 14.2 Å². The van der Waals surface area contributed by atoms with Crippen LogP contribution in [-0.4, -0.2) is 61.0 Å². The number of carbonyl (C=O) groups excluding carboxylic acids is 1. The van der Waals surface area contributed by atoms with Crippen LogP contribution in [0.4, 0.5) is 0 Å². The fourth-order valence-corrected chi connectivity index (χ4v) is 6.66. The number of piperidine rings is 1. The lowest BCUT2D eigenvalue weighted by Crippen LogP contribution is -2.48. The van der Waals surface area contributed by atoms with E-state index in [1.807, 2.05) is 35.0 Å². The van der Waals surface area contributed by atoms with Crippen LogP contribution in [0.2, 0.25) is 0 Å². The number of benzene rings is 1. The van der Waals surface area contributed by atoms with Crippen molar-refractivity contribution in [3.8, 4) is 15.6 Å². The predicted molar refractivity (Wildman–Crippen MR) is 128 cm³/mol. The van der Waals surface area contributed by atoms with Gasteiger partial charge in [-0.15, -0.1) is 22.7 Å². The van der Waals surface area contributed by atoms with Crippen molar-refractivity contribution < 1.29 is 17.9 Å². The number of thiophene rings is 1. The van der Waals surface area contributed by atoms with E-state index in [4.69, 9.17) is 4.74 Å². The van der Waals surface area contributed by atoms with Gasteiger partial charge in [-0.3, -0.25) is 4.79 Å². The zero-order valence-corrected chi connectivity index (χ0v) is 20.4. The van der Waals surface area contributed by atoms with Crippen LogP contribution < -0.4 is 4.74 Å². The Balaban J connectivity index is 1.44. The zero-order valence-electron chi connectivity index (χ0n) is 17.9. The standard InChI is InChI=1S/C22H25N3O4S3/c1-29-19-7-4-3-6-18(19)22(26)24-11-9-17(10-12-24)25(32(2,27)28)14-16-15-31-21(23-16)20-8-5-13-30-20/h3-8,13,15,17H,9-12,14H2,1-2H3. The number of nitrogens with zero attached hydrogens (tertiary/aromatic N) is 3. The highest BCUT2D eigenvalue weighted by molar-refractivity contribution is 7.88. The largest absolute Gasteiger partial charge is 0.496 e. The SMILES string of the molecule is COc1ccccc1C(=O)N1CCC(N(Cc2csc(-c3cccs3)n2)S(C)(=O)=O)CC1. The third kappa shape index (κ3) is 5.03. The maximum Gasteiger partial charge on any atom is 0.257 e. The Kier molecular flexibility index (Phi) is 6.94. The summed E-state index contributed by atoms with van der Waals surface area (Å²) < 4.78 is 32.0. The second kappa shape index (κ2) is 9.70. The maximum absolute atomic E-state index is 13.0. The molecule has 32 heavy (non-hydrogen) atoms. The Hall–Kier alpha value is -2.27. The van der Waals surface area contributed by atoms with E-state index in [9.17, 15) is 13.2 Å². The van der Waals surface area contributed by atoms with Crippen LogP contribution in [0.3, 0.4) is 0 Å². The third-order valence-corrected chi connectivity index (χ3v) is 8.73. The van der Waals surface area contributed by atoms with Crippen LogP contribution in [0.1, 0.15) is 28.9 Å². The van der Waals surface area contributed by atoms with E-state index >= 15 is 0 Å². The minimum absolute atomic E-state index is 0.0908. The third-order valence-electron chi connectivity index (χ3n) is 5.52. The lowest BCUT2D eigenvalue weighted by atomic mass is 10.0. The molecule has 3 aromatic rings. The Bertz CT molecular complexity index is 1170. The molecule has 1 aliphatic rings. The number of likely N-dealkylation sites (tertiary alicyclic amines) is 1. The molecule has 4 rings (SSSR count). The maximum atomic E-state index is 13.0. The molecule has 1 amide bonds. The number of thiazole rings is 1. The van der Waals surface area contributed by atoms with E-state index in [2.05, 4.69) is 4.98 Å². The first-order valence-corrected chi connectivity index (χ1v) is 13.8. The normalized spacial score (nSPS) is 15.3. The van der Waals surface area contributed by atoms with Gasteiger partial charge < -0.3 is 9.64 Å². The van der Waals surface area contributed by atoms with Gasteiger partial charge in [-0.25, -0.2) is 13.4 Å². The number of sulfonamides is 1. The van der Waals surface area contributed by atoms with Gasteiger partial charge in [0.1, 0.15) is 10.8 Å². The molecule has 1 aliphatic heterocycles. The molecule has 1 fully saturated rings. The van der Waals surface area contributed by atoms with Gasteiger partial charge in [0, 0.05) is 24.5 Å². The lowest BCUT2D eigenvalue weighted by Gasteiger charge is -2.37. The molecule has 0 saturated carbocycles. The molecule has 1 saturated heterocycles. The van der Waals surface area contributed by atoms with Crippen molar-refractivity contribution in [2.45, 2.75) is 25.4 Å². The van der Waals surface area contributed by atoms with E-state index in [1.54, 1.807) is 35.5 Å². The van der Waals surface area contributed by atoms with E-state index in [-0.39, 0.29) is 18.5 Å². The van der Waals surface area contributed by atoms with Gasteiger partial charge in [0.25, 0.3) is 5.91 Å². The lowest BCUT2D eigenvalue weighted by molar-refractivity contribution is 0.0672. The number of amides is 1. The second-order valence-electron chi connectivity index (χ2n) is 7.65. The minimum Gasteiger partial charge on any atom is -0.496 e. The number of rotatable bonds is 7. The average molecular weight is 492 g/mol. The molecule has 0 spiro atoms. The summed E-state index contributed by atoms with van der Waals surface area (Å²) in [6, 6.07) is 11.0. The predicted octanol–water partition coefficient (Wildman–Crippen LogP) is 3.95. The van der Waals surface area contributed by atoms with Crippen molar-refractivity contribution in [2.24, 2.45) is 0 Å². The number of hydrogen-bond acceptors (Lipinski definition) is 7. The number of methoxy groups -OCH3 is 1. The second-order valence-corrected chi connectivity index (χ2v) is 11.4. The zero-order chi connectivity index (χ0) is 22.7. The fraction of sp³-hybridized carbons (Fsp3) is 0.364. The number of para-hydroxylation sites is 1. The van der Waals surface area contributed by atoms with Gasteiger partial charge in [-0.1, -0.05) is 18.2 Å². The molecule has 0 radical (unpaired) electrons. The first kappa shape index (κ1) is 22.9. The van der Waals surface area contributed by atoms with Crippen LogP contribution in [0.15, 0.2) is 47.2 Å². The Morgan fingerprint density at radius 3 is 2.59 bits per heavy atom. The summed E-state index contributed by atoms with van der Waals surface area (Å²) >= 11 is 3.14. The van der Waals surface area contributed by atoms with Gasteiger partial charge in [0.2, 0.25) is 10.0 Å². The molecule has 0 atom stereocenters. The highest BCUT2D eigenvalue weighted by Crippen LogP contribution is 2.30. The number of carbonyl (C=O) groups is 1. The molecule has 7 nitrogen and oxygen atoms in total. The summed E-state index contributed by atoms with van der Waals surface area (Å²) in [5.41, 5.74) is 1.27. The highest BCUT2D eigenvalue weighted by atomic mass is 32.2. The van der Waals surface area contributed by atoms with Gasteiger partial charge in [-0.05, 0) is 36.4 Å². The van der Waals surface area contributed by atoms with Gasteiger partial charge in [-0.2, -0.15) is 4.31 Å². The molecule has 2 aromatic heterocycles. The van der Waals surface area contributed by atoms with Gasteiger partial charge in [0.05, 0.1) is 36.0 Å². The monoisotopic (exact) mass is 491 g/mol. The number of hydrogen-bond donors (Lipinski definition) is 0. The highest BCUT2D eigenvalue weighted by Gasteiger charge is 2.33. The summed E-state index contributed by atoms with van der Waals surface area (Å²) in [5, 5.41) is 4.83. The van der Waals surface area contributed by atoms with E-state index < -0.39 is 10.0 Å². The van der Waals surface area contributed by atoms with Crippen LogP contribution in [-0.2, 0) is 16.6 Å². The molecule has 0 unspecified atom stereocenters. The Labute approximate surface area is 196 Å². The molecule has 1 aromatic carbocycles. The fourth-order valence-electron chi connectivity index (χ4n) is 3.92. The van der Waals surface area contributed by atoms with E-state index in [0.29, 0.717) is 37.2 Å². The van der Waals surface area contributed by atoms with Crippen LogP contribution in [0.5, 0.6) is 5.75 Å². The first-order valence-electron chi connectivity index (χ1n) is 10.2. The van der Waals surface area contributed by atoms with Crippen molar-refractivity contribution in [3.63, 3.8) is 0 Å². The van der Waals surface area contributed by atoms with Crippen molar-refractivity contribution in [3.05, 3.63) is 58.4 Å². The van der Waals surface area contributed by atoms with E-state index in [0.717, 1.165) is 15.6 Å². The molecule has 0 N–H and O–H groups in total. The van der Waals surface area contributed by atoms with Crippen molar-refractivity contribution in [2.75, 3.05) is 26.5 Å². The number of aromatic nitrogens is 1. The minimum atomic E-state index is -3.43. The Morgan fingerprint density at radius 2 is 1.94 bits per heavy atom.